The van der Waals surface area contributed by atoms with Gasteiger partial charge in [0.15, 0.2) is 0 Å². The van der Waals surface area contributed by atoms with E-state index in [2.05, 4.69) is 5.32 Å². The van der Waals surface area contributed by atoms with Crippen LogP contribution in [0.1, 0.15) is 15.9 Å². The lowest BCUT2D eigenvalue weighted by atomic mass is 10.1. The Morgan fingerprint density at radius 1 is 1.18 bits per heavy atom. The van der Waals surface area contributed by atoms with Crippen LogP contribution in [0.3, 0.4) is 0 Å². The first-order chi connectivity index (χ1) is 10.7. The van der Waals surface area contributed by atoms with Crippen LogP contribution in [-0.2, 0) is 11.3 Å². The van der Waals surface area contributed by atoms with E-state index in [1.54, 1.807) is 25.3 Å². The highest BCUT2D eigenvalue weighted by molar-refractivity contribution is 6.02. The van der Waals surface area contributed by atoms with Crippen molar-refractivity contribution in [1.82, 2.24) is 4.90 Å². The van der Waals surface area contributed by atoms with Crippen molar-refractivity contribution >= 4 is 17.5 Å². The number of nitrogens with zero attached hydrogens (tertiary/aromatic N) is 1. The van der Waals surface area contributed by atoms with Crippen molar-refractivity contribution in [2.24, 2.45) is 0 Å². The fraction of sp³-hybridized carbons (Fsp3) is 0.176. The number of ether oxygens (including phenoxy) is 1. The van der Waals surface area contributed by atoms with Gasteiger partial charge in [-0.05, 0) is 23.8 Å². The Hall–Kier alpha value is -2.82. The van der Waals surface area contributed by atoms with Crippen LogP contribution in [0.25, 0.3) is 0 Å². The maximum absolute atomic E-state index is 12.2. The predicted molar refractivity (Wildman–Crippen MR) is 82.8 cm³/mol. The molecule has 3 rings (SSSR count). The molecule has 5 heteroatoms. The van der Waals surface area contributed by atoms with Crippen molar-refractivity contribution in [3.05, 3.63) is 59.7 Å². The van der Waals surface area contributed by atoms with Gasteiger partial charge in [0.05, 0.1) is 12.8 Å². The van der Waals surface area contributed by atoms with Crippen molar-refractivity contribution in [3.63, 3.8) is 0 Å². The summed E-state index contributed by atoms with van der Waals surface area (Å²) in [5.74, 6) is 0.239. The third kappa shape index (κ3) is 2.65. The maximum Gasteiger partial charge on any atom is 0.254 e. The number of methoxy groups -OCH3 is 1. The van der Waals surface area contributed by atoms with E-state index in [-0.39, 0.29) is 18.4 Å². The van der Waals surface area contributed by atoms with Crippen LogP contribution < -0.4 is 10.1 Å². The molecule has 2 aromatic rings. The Bertz CT molecular complexity index is 727. The monoisotopic (exact) mass is 296 g/mol. The van der Waals surface area contributed by atoms with E-state index < -0.39 is 0 Å². The van der Waals surface area contributed by atoms with Gasteiger partial charge in [0.2, 0.25) is 5.91 Å². The lowest BCUT2D eigenvalue weighted by Crippen LogP contribution is -2.33. The molecular formula is C17H16N2O3. The Morgan fingerprint density at radius 3 is 2.68 bits per heavy atom. The summed E-state index contributed by atoms with van der Waals surface area (Å²) in [5.41, 5.74) is 2.23. The quantitative estimate of drug-likeness (QED) is 0.941. The second kappa shape index (κ2) is 5.89. The summed E-state index contributed by atoms with van der Waals surface area (Å²) in [6.07, 6.45) is 0. The molecule has 0 aliphatic carbocycles. The smallest absolute Gasteiger partial charge is 0.254 e. The number of benzene rings is 2. The van der Waals surface area contributed by atoms with Gasteiger partial charge in [0, 0.05) is 12.1 Å². The number of carbonyl (C=O) groups is 2. The van der Waals surface area contributed by atoms with Crippen molar-refractivity contribution < 1.29 is 14.3 Å². The van der Waals surface area contributed by atoms with E-state index in [0.29, 0.717) is 23.5 Å². The normalized spacial score (nSPS) is 13.0. The molecule has 0 saturated heterocycles. The average Bonchev–Trinajstić information content (AvgIpc) is 2.84. The predicted octanol–water partition coefficient (Wildman–Crippen LogP) is 2.29. The summed E-state index contributed by atoms with van der Waals surface area (Å²) in [6, 6.07) is 14.6. The maximum atomic E-state index is 12.2. The highest BCUT2D eigenvalue weighted by Crippen LogP contribution is 2.24. The van der Waals surface area contributed by atoms with Crippen LogP contribution in [0.5, 0.6) is 5.75 Å². The first-order valence-electron chi connectivity index (χ1n) is 6.99. The molecule has 0 bridgehead atoms. The van der Waals surface area contributed by atoms with Crippen LogP contribution in [0.15, 0.2) is 48.5 Å². The molecule has 2 aromatic carbocycles. The minimum Gasteiger partial charge on any atom is -0.495 e. The van der Waals surface area contributed by atoms with Crippen LogP contribution in [0, 0.1) is 0 Å². The summed E-state index contributed by atoms with van der Waals surface area (Å²) < 4.78 is 5.19. The zero-order valence-corrected chi connectivity index (χ0v) is 12.2. The number of amides is 2. The number of rotatable bonds is 4. The molecule has 0 fully saturated rings. The van der Waals surface area contributed by atoms with Gasteiger partial charge in [-0.1, -0.05) is 30.3 Å². The SMILES string of the molecule is COc1ccccc1NC(=O)CN1Cc2ccccc2C1=O. The van der Waals surface area contributed by atoms with Crippen LogP contribution in [0.2, 0.25) is 0 Å². The largest absolute Gasteiger partial charge is 0.495 e. The van der Waals surface area contributed by atoms with Crippen molar-refractivity contribution in [2.75, 3.05) is 19.0 Å². The zero-order valence-electron chi connectivity index (χ0n) is 12.2. The van der Waals surface area contributed by atoms with Gasteiger partial charge in [0.1, 0.15) is 12.3 Å². The number of hydrogen-bond donors (Lipinski definition) is 1. The molecular weight excluding hydrogens is 280 g/mol. The number of hydrogen-bond acceptors (Lipinski definition) is 3. The minimum absolute atomic E-state index is 0.0194. The summed E-state index contributed by atoms with van der Waals surface area (Å²) in [4.78, 5) is 25.9. The van der Waals surface area contributed by atoms with Gasteiger partial charge in [0.25, 0.3) is 5.91 Å². The van der Waals surface area contributed by atoms with Crippen LogP contribution >= 0.6 is 0 Å². The summed E-state index contributed by atoms with van der Waals surface area (Å²) in [5, 5.41) is 2.78. The lowest BCUT2D eigenvalue weighted by molar-refractivity contribution is -0.116. The molecule has 0 aromatic heterocycles. The average molecular weight is 296 g/mol. The molecule has 0 radical (unpaired) electrons. The van der Waals surface area contributed by atoms with Gasteiger partial charge in [-0.2, -0.15) is 0 Å². The second-order valence-corrected chi connectivity index (χ2v) is 5.07. The Morgan fingerprint density at radius 2 is 1.91 bits per heavy atom. The van der Waals surface area contributed by atoms with Crippen LogP contribution in [-0.4, -0.2) is 30.4 Å². The topological polar surface area (TPSA) is 58.6 Å². The summed E-state index contributed by atoms with van der Waals surface area (Å²) in [6.45, 7) is 0.486. The molecule has 0 saturated carbocycles. The third-order valence-corrected chi connectivity index (χ3v) is 3.61. The van der Waals surface area contributed by atoms with Crippen molar-refractivity contribution in [2.45, 2.75) is 6.54 Å². The van der Waals surface area contributed by atoms with Crippen molar-refractivity contribution in [3.8, 4) is 5.75 Å². The number of anilines is 1. The van der Waals surface area contributed by atoms with E-state index in [0.717, 1.165) is 5.56 Å². The molecule has 1 aliphatic heterocycles. The molecule has 0 unspecified atom stereocenters. The molecule has 5 nitrogen and oxygen atoms in total. The van der Waals surface area contributed by atoms with Gasteiger partial charge in [-0.3, -0.25) is 9.59 Å². The molecule has 1 N–H and O–H groups in total. The first-order valence-corrected chi connectivity index (χ1v) is 6.99. The van der Waals surface area contributed by atoms with Gasteiger partial charge >= 0.3 is 0 Å². The van der Waals surface area contributed by atoms with E-state index >= 15 is 0 Å². The molecule has 2 amide bonds. The van der Waals surface area contributed by atoms with Crippen molar-refractivity contribution in [1.29, 1.82) is 0 Å². The minimum atomic E-state index is -0.245. The molecule has 0 spiro atoms. The number of carbonyl (C=O) groups excluding carboxylic acids is 2. The van der Waals surface area contributed by atoms with Crippen LogP contribution in [0.4, 0.5) is 5.69 Å². The highest BCUT2D eigenvalue weighted by Gasteiger charge is 2.28. The number of nitrogens with one attached hydrogen (secondary N) is 1. The van der Waals surface area contributed by atoms with E-state index in [1.165, 1.54) is 4.90 Å². The fourth-order valence-corrected chi connectivity index (χ4v) is 2.55. The van der Waals surface area contributed by atoms with E-state index in [9.17, 15) is 9.59 Å². The van der Waals surface area contributed by atoms with Gasteiger partial charge in [-0.25, -0.2) is 0 Å². The lowest BCUT2D eigenvalue weighted by Gasteiger charge is -2.16. The Balaban J connectivity index is 1.67. The van der Waals surface area contributed by atoms with Gasteiger partial charge < -0.3 is 15.0 Å². The Labute approximate surface area is 128 Å². The molecule has 22 heavy (non-hydrogen) atoms. The van der Waals surface area contributed by atoms with E-state index in [4.69, 9.17) is 4.74 Å². The highest BCUT2D eigenvalue weighted by atomic mass is 16.5. The third-order valence-electron chi connectivity index (χ3n) is 3.61. The number of para-hydroxylation sites is 2. The summed E-state index contributed by atoms with van der Waals surface area (Å²) in [7, 11) is 1.55. The standard InChI is InChI=1S/C17H16N2O3/c1-22-15-9-5-4-8-14(15)18-16(20)11-19-10-12-6-2-3-7-13(12)17(19)21/h2-9H,10-11H2,1H3,(H,18,20). The first kappa shape index (κ1) is 14.1. The number of fused-ring (bicyclic) bond motifs is 1. The Kier molecular flexibility index (Phi) is 3.78. The molecule has 0 atom stereocenters. The molecule has 112 valence electrons. The van der Waals surface area contributed by atoms with Gasteiger partial charge in [-0.15, -0.1) is 0 Å². The van der Waals surface area contributed by atoms with E-state index in [1.807, 2.05) is 30.3 Å². The molecule has 1 heterocycles. The second-order valence-electron chi connectivity index (χ2n) is 5.07. The summed E-state index contributed by atoms with van der Waals surface area (Å²) >= 11 is 0. The zero-order chi connectivity index (χ0) is 15.5. The fourth-order valence-electron chi connectivity index (χ4n) is 2.55. The molecule has 1 aliphatic rings.